The summed E-state index contributed by atoms with van der Waals surface area (Å²) in [6.45, 7) is 0. The zero-order valence-corrected chi connectivity index (χ0v) is 9.30. The molecule has 0 amide bonds. The normalized spacial score (nSPS) is 8.67. The third-order valence-corrected chi connectivity index (χ3v) is 1.22. The fraction of sp³-hybridized carbons (Fsp3) is 0. The van der Waals surface area contributed by atoms with Crippen molar-refractivity contribution in [2.24, 2.45) is 0 Å². The maximum atomic E-state index is 9.55. The second-order valence-electron chi connectivity index (χ2n) is 2.60. The molecular weight excluding hydrogens is 240 g/mol. The van der Waals surface area contributed by atoms with E-state index in [9.17, 15) is 9.59 Å². The Morgan fingerprint density at radius 3 is 1.11 bits per heavy atom. The molecule has 18 heavy (non-hydrogen) atoms. The topological polar surface area (TPSA) is 101 Å². The van der Waals surface area contributed by atoms with E-state index in [0.29, 0.717) is 12.2 Å². The standard InChI is InChI=1S/C4H4O4.2C4H4O/c5-3(6)1-2-4(7)8;2*1-2-4-5-3-1/h1-2H,(H,5,6)(H,7,8);2*1-4H/b2-1-;;. The van der Waals surface area contributed by atoms with Crippen LogP contribution in [0.3, 0.4) is 0 Å². The van der Waals surface area contributed by atoms with Gasteiger partial charge in [-0.1, -0.05) is 0 Å². The van der Waals surface area contributed by atoms with Gasteiger partial charge in [0.1, 0.15) is 0 Å². The van der Waals surface area contributed by atoms with Gasteiger partial charge in [0.25, 0.3) is 0 Å². The summed E-state index contributed by atoms with van der Waals surface area (Å²) < 4.78 is 9.17. The van der Waals surface area contributed by atoms with Gasteiger partial charge in [-0.05, 0) is 24.3 Å². The largest absolute Gasteiger partial charge is 0.478 e. The number of carbonyl (C=O) groups is 2. The number of hydrogen-bond donors (Lipinski definition) is 2. The zero-order chi connectivity index (χ0) is 13.6. The van der Waals surface area contributed by atoms with Crippen LogP contribution >= 0.6 is 0 Å². The summed E-state index contributed by atoms with van der Waals surface area (Å²) in [5.41, 5.74) is 0. The van der Waals surface area contributed by atoms with Gasteiger partial charge in [0.15, 0.2) is 0 Å². The average molecular weight is 252 g/mol. The predicted octanol–water partition coefficient (Wildman–Crippen LogP) is 2.27. The van der Waals surface area contributed by atoms with E-state index < -0.39 is 11.9 Å². The van der Waals surface area contributed by atoms with E-state index in [0.717, 1.165) is 0 Å². The molecule has 2 aromatic rings. The van der Waals surface area contributed by atoms with E-state index in [-0.39, 0.29) is 0 Å². The van der Waals surface area contributed by atoms with Crippen molar-refractivity contribution >= 4 is 11.9 Å². The van der Waals surface area contributed by atoms with Gasteiger partial charge in [-0.3, -0.25) is 0 Å². The number of rotatable bonds is 2. The van der Waals surface area contributed by atoms with Gasteiger partial charge in [-0.15, -0.1) is 0 Å². The van der Waals surface area contributed by atoms with Gasteiger partial charge < -0.3 is 19.0 Å². The highest BCUT2D eigenvalue weighted by Gasteiger charge is 1.88. The van der Waals surface area contributed by atoms with E-state index in [2.05, 4.69) is 8.83 Å². The third kappa shape index (κ3) is 13.2. The van der Waals surface area contributed by atoms with Crippen LogP contribution in [-0.2, 0) is 9.59 Å². The Kier molecular flexibility index (Phi) is 9.10. The average Bonchev–Trinajstić information content (AvgIpc) is 3.03. The van der Waals surface area contributed by atoms with Crippen LogP contribution in [-0.4, -0.2) is 22.2 Å². The lowest BCUT2D eigenvalue weighted by atomic mass is 10.5. The highest BCUT2D eigenvalue weighted by atomic mass is 16.4. The second kappa shape index (κ2) is 10.7. The summed E-state index contributed by atoms with van der Waals surface area (Å²) in [6.07, 6.45) is 7.62. The first-order chi connectivity index (χ1) is 8.63. The van der Waals surface area contributed by atoms with Crippen LogP contribution in [0.4, 0.5) is 0 Å². The molecule has 0 aliphatic rings. The van der Waals surface area contributed by atoms with Gasteiger partial charge in [-0.25, -0.2) is 9.59 Å². The van der Waals surface area contributed by atoms with Gasteiger partial charge in [0.2, 0.25) is 0 Å². The van der Waals surface area contributed by atoms with E-state index in [4.69, 9.17) is 10.2 Å². The Balaban J connectivity index is 0.000000250. The van der Waals surface area contributed by atoms with Crippen molar-refractivity contribution in [3.8, 4) is 0 Å². The summed E-state index contributed by atoms with van der Waals surface area (Å²) in [4.78, 5) is 19.1. The Labute approximate surface area is 103 Å². The van der Waals surface area contributed by atoms with Crippen LogP contribution in [0.5, 0.6) is 0 Å². The zero-order valence-electron chi connectivity index (χ0n) is 9.30. The molecular formula is C12H12O6. The van der Waals surface area contributed by atoms with Crippen molar-refractivity contribution < 1.29 is 28.6 Å². The predicted molar refractivity (Wildman–Crippen MR) is 61.8 cm³/mol. The van der Waals surface area contributed by atoms with E-state index in [1.54, 1.807) is 25.1 Å². The SMILES string of the molecule is O=C(O)/C=C\C(=O)O.c1ccoc1.c1ccoc1. The molecule has 0 unspecified atom stereocenters. The highest BCUT2D eigenvalue weighted by Crippen LogP contribution is 1.80. The first-order valence-corrected chi connectivity index (χ1v) is 4.71. The summed E-state index contributed by atoms with van der Waals surface area (Å²) in [6, 6.07) is 7.33. The van der Waals surface area contributed by atoms with Crippen molar-refractivity contribution in [1.29, 1.82) is 0 Å². The first-order valence-electron chi connectivity index (χ1n) is 4.71. The second-order valence-corrected chi connectivity index (χ2v) is 2.60. The fourth-order valence-corrected chi connectivity index (χ4v) is 0.596. The minimum atomic E-state index is -1.26. The van der Waals surface area contributed by atoms with E-state index in [1.165, 1.54) is 0 Å². The quantitative estimate of drug-likeness (QED) is 0.795. The molecule has 0 aromatic carbocycles. The Morgan fingerprint density at radius 2 is 1.00 bits per heavy atom. The Morgan fingerprint density at radius 1 is 0.722 bits per heavy atom. The summed E-state index contributed by atoms with van der Waals surface area (Å²) >= 11 is 0. The molecule has 2 rings (SSSR count). The molecule has 0 saturated heterocycles. The molecule has 0 bridgehead atoms. The van der Waals surface area contributed by atoms with Crippen LogP contribution in [0, 0.1) is 0 Å². The van der Waals surface area contributed by atoms with Crippen molar-refractivity contribution in [3.63, 3.8) is 0 Å². The van der Waals surface area contributed by atoms with E-state index in [1.807, 2.05) is 24.3 Å². The maximum Gasteiger partial charge on any atom is 0.328 e. The molecule has 0 saturated carbocycles. The Bertz CT molecular complexity index is 350. The Hall–Kier alpha value is -2.76. The van der Waals surface area contributed by atoms with Crippen molar-refractivity contribution in [1.82, 2.24) is 0 Å². The summed E-state index contributed by atoms with van der Waals surface area (Å²) in [5, 5.41) is 15.6. The van der Waals surface area contributed by atoms with Crippen LogP contribution in [0.2, 0.25) is 0 Å². The minimum Gasteiger partial charge on any atom is -0.478 e. The molecule has 0 atom stereocenters. The van der Waals surface area contributed by atoms with Crippen LogP contribution in [0.25, 0.3) is 0 Å². The molecule has 96 valence electrons. The number of furan rings is 2. The van der Waals surface area contributed by atoms with Crippen LogP contribution < -0.4 is 0 Å². The number of carboxylic acid groups (broad SMARTS) is 2. The van der Waals surface area contributed by atoms with Gasteiger partial charge >= 0.3 is 11.9 Å². The van der Waals surface area contributed by atoms with Gasteiger partial charge in [0.05, 0.1) is 25.1 Å². The molecule has 0 radical (unpaired) electrons. The van der Waals surface area contributed by atoms with Crippen molar-refractivity contribution in [3.05, 3.63) is 61.5 Å². The van der Waals surface area contributed by atoms with Gasteiger partial charge in [0, 0.05) is 12.2 Å². The summed E-state index contributed by atoms with van der Waals surface area (Å²) in [5.74, 6) is -2.51. The van der Waals surface area contributed by atoms with E-state index >= 15 is 0 Å². The molecule has 0 spiro atoms. The first kappa shape index (κ1) is 15.2. The smallest absolute Gasteiger partial charge is 0.328 e. The van der Waals surface area contributed by atoms with Crippen LogP contribution in [0.1, 0.15) is 0 Å². The molecule has 6 nitrogen and oxygen atoms in total. The molecule has 2 heterocycles. The van der Waals surface area contributed by atoms with Crippen molar-refractivity contribution in [2.75, 3.05) is 0 Å². The number of hydrogen-bond acceptors (Lipinski definition) is 4. The summed E-state index contributed by atoms with van der Waals surface area (Å²) in [7, 11) is 0. The molecule has 2 aromatic heterocycles. The number of aliphatic carboxylic acids is 2. The maximum absolute atomic E-state index is 9.55. The lowest BCUT2D eigenvalue weighted by Crippen LogP contribution is -1.91. The lowest BCUT2D eigenvalue weighted by Gasteiger charge is -1.74. The fourth-order valence-electron chi connectivity index (χ4n) is 0.596. The third-order valence-electron chi connectivity index (χ3n) is 1.22. The van der Waals surface area contributed by atoms with Gasteiger partial charge in [-0.2, -0.15) is 0 Å². The molecule has 0 aliphatic carbocycles. The molecule has 6 heteroatoms. The molecule has 0 fully saturated rings. The lowest BCUT2D eigenvalue weighted by molar-refractivity contribution is -0.134. The molecule has 0 aliphatic heterocycles. The minimum absolute atomic E-state index is 0.558. The molecule has 2 N–H and O–H groups in total. The number of carboxylic acids is 2. The van der Waals surface area contributed by atoms with Crippen LogP contribution in [0.15, 0.2) is 70.3 Å². The monoisotopic (exact) mass is 252 g/mol. The van der Waals surface area contributed by atoms with Crippen molar-refractivity contribution in [2.45, 2.75) is 0 Å². The highest BCUT2D eigenvalue weighted by molar-refractivity contribution is 5.89.